The second kappa shape index (κ2) is 2.51. The molecule has 0 aliphatic rings. The molecule has 0 saturated heterocycles. The molecule has 0 radical (unpaired) electrons. The number of H-pyrrole nitrogens is 1. The van der Waals surface area contributed by atoms with Gasteiger partial charge in [0.15, 0.2) is 0 Å². The van der Waals surface area contributed by atoms with E-state index in [4.69, 9.17) is 5.73 Å². The first-order valence-electron chi connectivity index (χ1n) is 2.85. The molecule has 0 spiro atoms. The number of nitrogens with one attached hydrogen (secondary N) is 1. The van der Waals surface area contributed by atoms with E-state index in [-0.39, 0.29) is 0 Å². The lowest BCUT2D eigenvalue weighted by molar-refractivity contribution is 1.27. The Morgan fingerprint density at radius 2 is 2.56 bits per heavy atom. The topological polar surface area (TPSA) is 41.8 Å². The zero-order valence-corrected chi connectivity index (χ0v) is 5.22. The molecule has 9 heavy (non-hydrogen) atoms. The van der Waals surface area contributed by atoms with E-state index in [1.807, 2.05) is 18.5 Å². The Bertz CT molecular complexity index is 187. The first kappa shape index (κ1) is 6.11. The minimum Gasteiger partial charge on any atom is -0.367 e. The van der Waals surface area contributed by atoms with Gasteiger partial charge in [-0.2, -0.15) is 0 Å². The van der Waals surface area contributed by atoms with Gasteiger partial charge in [-0.15, -0.1) is 0 Å². The first-order valence-corrected chi connectivity index (χ1v) is 2.85. The lowest BCUT2D eigenvalue weighted by Crippen LogP contribution is -1.99. The third-order valence-corrected chi connectivity index (χ3v) is 1.25. The largest absolute Gasteiger partial charge is 0.367 e. The maximum atomic E-state index is 5.35. The molecule has 0 unspecified atom stereocenters. The van der Waals surface area contributed by atoms with Crippen molar-refractivity contribution in [3.05, 3.63) is 30.6 Å². The van der Waals surface area contributed by atoms with Crippen LogP contribution in [0.4, 0.5) is 0 Å². The van der Waals surface area contributed by atoms with Crippen LogP contribution in [-0.2, 0) is 0 Å². The Kier molecular flexibility index (Phi) is 1.70. The molecule has 0 aliphatic carbocycles. The monoisotopic (exact) mass is 122 g/mol. The molecule has 0 fully saturated rings. The van der Waals surface area contributed by atoms with Gasteiger partial charge in [-0.3, -0.25) is 0 Å². The van der Waals surface area contributed by atoms with Crippen LogP contribution in [0, 0.1) is 0 Å². The Balaban J connectivity index is 2.77. The summed E-state index contributed by atoms with van der Waals surface area (Å²) in [7, 11) is 0. The molecule has 0 bridgehead atoms. The van der Waals surface area contributed by atoms with E-state index < -0.39 is 0 Å². The zero-order chi connectivity index (χ0) is 6.69. The van der Waals surface area contributed by atoms with Crippen molar-refractivity contribution in [2.24, 2.45) is 5.73 Å². The van der Waals surface area contributed by atoms with Gasteiger partial charge >= 0.3 is 0 Å². The van der Waals surface area contributed by atoms with Crippen LogP contribution < -0.4 is 5.73 Å². The lowest BCUT2D eigenvalue weighted by atomic mass is 10.2. The van der Waals surface area contributed by atoms with Crippen LogP contribution in [0.25, 0.3) is 5.57 Å². The predicted molar refractivity (Wildman–Crippen MR) is 38.9 cm³/mol. The van der Waals surface area contributed by atoms with E-state index in [0.29, 0.717) is 6.54 Å². The van der Waals surface area contributed by atoms with Gasteiger partial charge < -0.3 is 10.7 Å². The average Bonchev–Trinajstić information content (AvgIpc) is 2.37. The molecule has 1 aromatic rings. The van der Waals surface area contributed by atoms with Gasteiger partial charge in [-0.05, 0) is 17.2 Å². The summed E-state index contributed by atoms with van der Waals surface area (Å²) in [4.78, 5) is 2.93. The summed E-state index contributed by atoms with van der Waals surface area (Å²) in [5, 5.41) is 0. The Labute approximate surface area is 54.4 Å². The van der Waals surface area contributed by atoms with Gasteiger partial charge in [0.05, 0.1) is 0 Å². The summed E-state index contributed by atoms with van der Waals surface area (Å²) in [6.07, 6.45) is 3.74. The van der Waals surface area contributed by atoms with Crippen molar-refractivity contribution in [1.29, 1.82) is 0 Å². The van der Waals surface area contributed by atoms with Crippen LogP contribution in [0.1, 0.15) is 5.56 Å². The van der Waals surface area contributed by atoms with E-state index in [1.54, 1.807) is 0 Å². The van der Waals surface area contributed by atoms with Gasteiger partial charge in [0.25, 0.3) is 0 Å². The zero-order valence-electron chi connectivity index (χ0n) is 5.22. The number of rotatable bonds is 2. The van der Waals surface area contributed by atoms with Gasteiger partial charge in [0.1, 0.15) is 0 Å². The minimum atomic E-state index is 0.526. The first-order chi connectivity index (χ1) is 4.34. The predicted octanol–water partition coefficient (Wildman–Crippen LogP) is 0.987. The molecule has 1 rings (SSSR count). The fourth-order valence-electron chi connectivity index (χ4n) is 0.662. The average molecular weight is 122 g/mol. The highest BCUT2D eigenvalue weighted by molar-refractivity contribution is 5.63. The summed E-state index contributed by atoms with van der Waals surface area (Å²) >= 11 is 0. The van der Waals surface area contributed by atoms with E-state index in [9.17, 15) is 0 Å². The quantitative estimate of drug-likeness (QED) is 0.603. The van der Waals surface area contributed by atoms with Gasteiger partial charge in [0.2, 0.25) is 0 Å². The summed E-state index contributed by atoms with van der Waals surface area (Å²) in [6, 6.07) is 1.95. The molecule has 0 aliphatic heterocycles. The Morgan fingerprint density at radius 3 is 3.00 bits per heavy atom. The minimum absolute atomic E-state index is 0.526. The number of aromatic nitrogens is 1. The second-order valence-electron chi connectivity index (χ2n) is 1.91. The maximum Gasteiger partial charge on any atom is 0.0178 e. The van der Waals surface area contributed by atoms with E-state index in [2.05, 4.69) is 11.6 Å². The van der Waals surface area contributed by atoms with Crippen LogP contribution in [0.3, 0.4) is 0 Å². The smallest absolute Gasteiger partial charge is 0.0178 e. The van der Waals surface area contributed by atoms with Crippen LogP contribution in [-0.4, -0.2) is 11.5 Å². The Hall–Kier alpha value is -1.02. The summed E-state index contributed by atoms with van der Waals surface area (Å²) in [6.45, 7) is 4.30. The van der Waals surface area contributed by atoms with Crippen molar-refractivity contribution < 1.29 is 0 Å². The molecule has 1 heterocycles. The maximum absolute atomic E-state index is 5.35. The molecular formula is C7H10N2. The fourth-order valence-corrected chi connectivity index (χ4v) is 0.662. The Morgan fingerprint density at radius 1 is 1.78 bits per heavy atom. The van der Waals surface area contributed by atoms with Crippen molar-refractivity contribution in [3.63, 3.8) is 0 Å². The standard InChI is InChI=1S/C7H10N2/c1-6(4-8)7-2-3-9-5-7/h2-3,5,9H,1,4,8H2. The van der Waals surface area contributed by atoms with Crippen LogP contribution >= 0.6 is 0 Å². The van der Waals surface area contributed by atoms with Crippen molar-refractivity contribution in [2.75, 3.05) is 6.54 Å². The van der Waals surface area contributed by atoms with Crippen LogP contribution in [0.2, 0.25) is 0 Å². The molecule has 0 amide bonds. The second-order valence-corrected chi connectivity index (χ2v) is 1.91. The number of aromatic amines is 1. The molecule has 0 aromatic carbocycles. The number of hydrogen-bond acceptors (Lipinski definition) is 1. The molecule has 0 atom stereocenters. The molecule has 0 saturated carbocycles. The molecule has 48 valence electrons. The number of hydrogen-bond donors (Lipinski definition) is 2. The van der Waals surface area contributed by atoms with Crippen molar-refractivity contribution in [1.82, 2.24) is 4.98 Å². The molecule has 3 N–H and O–H groups in total. The highest BCUT2D eigenvalue weighted by Crippen LogP contribution is 2.07. The van der Waals surface area contributed by atoms with E-state index in [0.717, 1.165) is 11.1 Å². The van der Waals surface area contributed by atoms with Gasteiger partial charge in [-0.1, -0.05) is 6.58 Å². The SMILES string of the molecule is C=C(CN)c1cc[nH]c1. The summed E-state index contributed by atoms with van der Waals surface area (Å²) < 4.78 is 0. The molecular weight excluding hydrogens is 112 g/mol. The van der Waals surface area contributed by atoms with Crippen molar-refractivity contribution >= 4 is 5.57 Å². The summed E-state index contributed by atoms with van der Waals surface area (Å²) in [5.41, 5.74) is 7.41. The summed E-state index contributed by atoms with van der Waals surface area (Å²) in [5.74, 6) is 0. The highest BCUT2D eigenvalue weighted by atomic mass is 14.6. The normalized spacial score (nSPS) is 9.44. The fraction of sp³-hybridized carbons (Fsp3) is 0.143. The third-order valence-electron chi connectivity index (χ3n) is 1.25. The molecule has 1 aromatic heterocycles. The molecule has 2 nitrogen and oxygen atoms in total. The van der Waals surface area contributed by atoms with Crippen LogP contribution in [0.15, 0.2) is 25.0 Å². The van der Waals surface area contributed by atoms with Gasteiger partial charge in [-0.25, -0.2) is 0 Å². The van der Waals surface area contributed by atoms with E-state index in [1.165, 1.54) is 0 Å². The van der Waals surface area contributed by atoms with Crippen molar-refractivity contribution in [3.8, 4) is 0 Å². The van der Waals surface area contributed by atoms with Crippen LogP contribution in [0.5, 0.6) is 0 Å². The third kappa shape index (κ3) is 1.21. The van der Waals surface area contributed by atoms with Gasteiger partial charge in [0, 0.05) is 18.9 Å². The van der Waals surface area contributed by atoms with Crippen molar-refractivity contribution in [2.45, 2.75) is 0 Å². The molecule has 2 heteroatoms. The van der Waals surface area contributed by atoms with E-state index >= 15 is 0 Å². The number of nitrogens with two attached hydrogens (primary N) is 1. The lowest BCUT2D eigenvalue weighted by Gasteiger charge is -1.94. The highest BCUT2D eigenvalue weighted by Gasteiger charge is 1.93.